The smallest absolute Gasteiger partial charge is 0.270 e. The summed E-state index contributed by atoms with van der Waals surface area (Å²) in [5.74, 6) is -0.446. The van der Waals surface area contributed by atoms with Crippen molar-refractivity contribution in [2.24, 2.45) is 0 Å². The number of aryl methyl sites for hydroxylation is 1. The summed E-state index contributed by atoms with van der Waals surface area (Å²) in [7, 11) is 1.46. The molecular weight excluding hydrogens is 485 g/mol. The predicted molar refractivity (Wildman–Crippen MR) is 116 cm³/mol. The van der Waals surface area contributed by atoms with Crippen LogP contribution in [0.2, 0.25) is 0 Å². The number of methoxy groups -OCH3 is 1. The number of hydrogen-bond donors (Lipinski definition) is 2. The summed E-state index contributed by atoms with van der Waals surface area (Å²) in [5, 5.41) is 9.49. The summed E-state index contributed by atoms with van der Waals surface area (Å²) in [6, 6.07) is 4.85. The lowest BCUT2D eigenvalue weighted by molar-refractivity contribution is -0.121. The van der Waals surface area contributed by atoms with Gasteiger partial charge < -0.3 is 15.4 Å². The van der Waals surface area contributed by atoms with E-state index in [0.717, 1.165) is 0 Å². The van der Waals surface area contributed by atoms with Gasteiger partial charge in [-0.25, -0.2) is 0 Å². The average Bonchev–Trinajstić information content (AvgIpc) is 3.10. The molecule has 158 valence electrons. The van der Waals surface area contributed by atoms with Crippen LogP contribution in [0.5, 0.6) is 5.88 Å². The molecule has 0 radical (unpaired) electrons. The van der Waals surface area contributed by atoms with E-state index in [1.165, 1.54) is 18.0 Å². The van der Waals surface area contributed by atoms with Crippen molar-refractivity contribution in [3.63, 3.8) is 0 Å². The van der Waals surface area contributed by atoms with Gasteiger partial charge in [-0.05, 0) is 54.9 Å². The number of nitrogens with zero attached hydrogens (tertiary/aromatic N) is 3. The van der Waals surface area contributed by atoms with Crippen LogP contribution in [0.15, 0.2) is 28.9 Å². The molecule has 2 aromatic heterocycles. The van der Waals surface area contributed by atoms with Crippen LogP contribution in [0.4, 0.5) is 5.82 Å². The minimum absolute atomic E-state index is 0.0470. The fourth-order valence-electron chi connectivity index (χ4n) is 2.78. The number of ether oxygens (including phenoxy) is 1. The van der Waals surface area contributed by atoms with Gasteiger partial charge in [-0.15, -0.1) is 23.2 Å². The summed E-state index contributed by atoms with van der Waals surface area (Å²) in [4.78, 5) is 30.1. The van der Waals surface area contributed by atoms with E-state index in [0.29, 0.717) is 22.6 Å². The molecule has 2 aromatic rings. The van der Waals surface area contributed by atoms with Gasteiger partial charge in [0.2, 0.25) is 5.88 Å². The SMILES string of the molecule is CCn1nccc1C(=O)NC(C)(CC(C)(Cl)Cl)C(=O)Nc1ccc(Br)c(OC)n1. The van der Waals surface area contributed by atoms with Crippen LogP contribution in [0.1, 0.15) is 37.7 Å². The van der Waals surface area contributed by atoms with Gasteiger partial charge in [-0.3, -0.25) is 14.3 Å². The molecule has 0 bridgehead atoms. The predicted octanol–water partition coefficient (Wildman–Crippen LogP) is 3.78. The molecule has 0 spiro atoms. The zero-order valence-corrected chi connectivity index (χ0v) is 19.5. The van der Waals surface area contributed by atoms with Crippen molar-refractivity contribution in [1.29, 1.82) is 0 Å². The zero-order valence-electron chi connectivity index (χ0n) is 16.4. The van der Waals surface area contributed by atoms with Crippen LogP contribution in [0.3, 0.4) is 0 Å². The second-order valence-corrected chi connectivity index (χ2v) is 9.42. The first-order valence-electron chi connectivity index (χ1n) is 8.73. The number of pyridine rings is 1. The molecule has 8 nitrogen and oxygen atoms in total. The number of hydrogen-bond acceptors (Lipinski definition) is 5. The third kappa shape index (κ3) is 6.07. The molecule has 0 saturated heterocycles. The molecule has 0 aliphatic carbocycles. The lowest BCUT2D eigenvalue weighted by atomic mass is 9.94. The summed E-state index contributed by atoms with van der Waals surface area (Å²) in [5.41, 5.74) is -1.11. The normalized spacial score (nSPS) is 13.5. The van der Waals surface area contributed by atoms with Crippen molar-refractivity contribution >= 4 is 56.8 Å². The van der Waals surface area contributed by atoms with Crippen LogP contribution in [0, 0.1) is 0 Å². The Kier molecular flexibility index (Phi) is 7.53. The average molecular weight is 507 g/mol. The number of carbonyl (C=O) groups is 2. The van der Waals surface area contributed by atoms with E-state index in [2.05, 4.69) is 36.6 Å². The number of carbonyl (C=O) groups excluding carboxylic acids is 2. The number of halogens is 3. The van der Waals surface area contributed by atoms with Crippen LogP contribution in [0.25, 0.3) is 0 Å². The van der Waals surface area contributed by atoms with E-state index in [9.17, 15) is 9.59 Å². The topological polar surface area (TPSA) is 98.1 Å². The van der Waals surface area contributed by atoms with Gasteiger partial charge in [-0.1, -0.05) is 0 Å². The second-order valence-electron chi connectivity index (χ2n) is 6.71. The molecule has 0 aromatic carbocycles. The number of anilines is 1. The van der Waals surface area contributed by atoms with E-state index < -0.39 is 21.7 Å². The number of alkyl halides is 2. The fourth-order valence-corrected chi connectivity index (χ4v) is 3.70. The van der Waals surface area contributed by atoms with Crippen LogP contribution in [-0.4, -0.2) is 43.6 Å². The van der Waals surface area contributed by atoms with E-state index in [4.69, 9.17) is 27.9 Å². The second kappa shape index (κ2) is 9.32. The Bertz CT molecular complexity index is 900. The largest absolute Gasteiger partial charge is 0.480 e. The molecular formula is C18H22BrCl2N5O3. The summed E-state index contributed by atoms with van der Waals surface area (Å²) < 4.78 is 6.03. The lowest BCUT2D eigenvalue weighted by Crippen LogP contribution is -2.57. The van der Waals surface area contributed by atoms with E-state index in [1.54, 1.807) is 32.0 Å². The van der Waals surface area contributed by atoms with Crippen molar-refractivity contribution < 1.29 is 14.3 Å². The van der Waals surface area contributed by atoms with E-state index >= 15 is 0 Å². The van der Waals surface area contributed by atoms with Gasteiger partial charge in [0, 0.05) is 19.2 Å². The molecule has 2 N–H and O–H groups in total. The highest BCUT2D eigenvalue weighted by Crippen LogP contribution is 2.32. The molecule has 0 aliphatic rings. The standard InChI is InChI=1S/C18H22BrCl2N5O3/c1-5-26-12(8-9-22-26)14(27)25-17(2,10-18(3,20)21)16(28)24-13-7-6-11(19)15(23-13)29-4/h6-9H,5,10H2,1-4H3,(H,25,27)(H,23,24,28). The van der Waals surface area contributed by atoms with Crippen molar-refractivity contribution in [2.45, 2.75) is 43.6 Å². The lowest BCUT2D eigenvalue weighted by Gasteiger charge is -2.33. The highest BCUT2D eigenvalue weighted by atomic mass is 79.9. The molecule has 1 unspecified atom stereocenters. The molecule has 0 saturated carbocycles. The maximum Gasteiger partial charge on any atom is 0.270 e. The Labute approximate surface area is 187 Å². The zero-order chi connectivity index (χ0) is 21.8. The van der Waals surface area contributed by atoms with Crippen molar-refractivity contribution in [3.05, 3.63) is 34.6 Å². The highest BCUT2D eigenvalue weighted by Gasteiger charge is 2.41. The molecule has 1 atom stereocenters. The Balaban J connectivity index is 2.30. The Hall–Kier alpha value is -1.84. The van der Waals surface area contributed by atoms with E-state index in [1.807, 2.05) is 6.92 Å². The van der Waals surface area contributed by atoms with Gasteiger partial charge in [-0.2, -0.15) is 10.1 Å². The van der Waals surface area contributed by atoms with Gasteiger partial charge in [0.1, 0.15) is 21.4 Å². The number of rotatable bonds is 8. The third-order valence-electron chi connectivity index (χ3n) is 4.05. The maximum absolute atomic E-state index is 13.1. The fraction of sp³-hybridized carbons (Fsp3) is 0.444. The molecule has 2 amide bonds. The molecule has 2 heterocycles. The minimum atomic E-state index is -1.43. The molecule has 2 rings (SSSR count). The number of nitrogens with one attached hydrogen (secondary N) is 2. The third-order valence-corrected chi connectivity index (χ3v) is 4.92. The van der Waals surface area contributed by atoms with Crippen molar-refractivity contribution in [3.8, 4) is 5.88 Å². The maximum atomic E-state index is 13.1. The van der Waals surface area contributed by atoms with Gasteiger partial charge in [0.25, 0.3) is 11.8 Å². The van der Waals surface area contributed by atoms with Crippen LogP contribution in [-0.2, 0) is 11.3 Å². The van der Waals surface area contributed by atoms with Crippen molar-refractivity contribution in [1.82, 2.24) is 20.1 Å². The van der Waals surface area contributed by atoms with E-state index in [-0.39, 0.29) is 12.2 Å². The quantitative estimate of drug-likeness (QED) is 0.531. The molecule has 0 aliphatic heterocycles. The monoisotopic (exact) mass is 505 g/mol. The van der Waals surface area contributed by atoms with Gasteiger partial charge in [0.15, 0.2) is 0 Å². The Morgan fingerprint density at radius 3 is 2.55 bits per heavy atom. The minimum Gasteiger partial charge on any atom is -0.480 e. The Morgan fingerprint density at radius 1 is 1.28 bits per heavy atom. The summed E-state index contributed by atoms with van der Waals surface area (Å²) in [6.07, 6.45) is 1.47. The first-order valence-corrected chi connectivity index (χ1v) is 10.3. The molecule has 29 heavy (non-hydrogen) atoms. The number of aromatic nitrogens is 3. The van der Waals surface area contributed by atoms with Gasteiger partial charge in [0.05, 0.1) is 11.6 Å². The van der Waals surface area contributed by atoms with Crippen molar-refractivity contribution in [2.75, 3.05) is 12.4 Å². The first kappa shape index (κ1) is 23.4. The highest BCUT2D eigenvalue weighted by molar-refractivity contribution is 9.10. The molecule has 11 heteroatoms. The molecule has 0 fully saturated rings. The number of amides is 2. The summed E-state index contributed by atoms with van der Waals surface area (Å²) >= 11 is 15.7. The van der Waals surface area contributed by atoms with Crippen LogP contribution < -0.4 is 15.4 Å². The Morgan fingerprint density at radius 2 is 1.97 bits per heavy atom. The van der Waals surface area contributed by atoms with Crippen LogP contribution >= 0.6 is 39.1 Å². The van der Waals surface area contributed by atoms with Gasteiger partial charge >= 0.3 is 0 Å². The first-order chi connectivity index (χ1) is 13.5. The summed E-state index contributed by atoms with van der Waals surface area (Å²) in [6.45, 7) is 5.46.